The minimum absolute atomic E-state index is 0.0389. The molecule has 7 heteroatoms. The van der Waals surface area contributed by atoms with Crippen molar-refractivity contribution >= 4 is 17.6 Å². The Morgan fingerprint density at radius 1 is 1.46 bits per heavy atom. The van der Waals surface area contributed by atoms with Crippen LogP contribution in [0.2, 0.25) is 5.02 Å². The molecular formula is C17H18ClFN4O. The van der Waals surface area contributed by atoms with Crippen LogP contribution in [0, 0.1) is 5.82 Å². The third kappa shape index (κ3) is 4.00. The van der Waals surface area contributed by atoms with Gasteiger partial charge in [0.2, 0.25) is 0 Å². The smallest absolute Gasteiger partial charge is 0.317 e. The molecule has 0 spiro atoms. The van der Waals surface area contributed by atoms with Crippen molar-refractivity contribution in [3.8, 4) is 0 Å². The van der Waals surface area contributed by atoms with Gasteiger partial charge in [0.15, 0.2) is 0 Å². The topological polar surface area (TPSA) is 58.1 Å². The Balaban J connectivity index is 1.48. The molecule has 3 rings (SSSR count). The molecule has 1 aliphatic carbocycles. The zero-order valence-electron chi connectivity index (χ0n) is 13.2. The lowest BCUT2D eigenvalue weighted by Gasteiger charge is -2.17. The molecule has 0 bridgehead atoms. The predicted octanol–water partition coefficient (Wildman–Crippen LogP) is 3.01. The maximum atomic E-state index is 13.5. The maximum absolute atomic E-state index is 13.5. The molecule has 24 heavy (non-hydrogen) atoms. The Morgan fingerprint density at radius 3 is 3.00 bits per heavy atom. The average Bonchev–Trinajstić information content (AvgIpc) is 3.35. The molecule has 1 saturated carbocycles. The third-order valence-electron chi connectivity index (χ3n) is 4.14. The molecule has 1 fully saturated rings. The molecule has 5 nitrogen and oxygen atoms in total. The number of nitrogens with one attached hydrogen (secondary N) is 1. The number of hydrogen-bond acceptors (Lipinski definition) is 3. The molecule has 0 aliphatic heterocycles. The summed E-state index contributed by atoms with van der Waals surface area (Å²) in [6.45, 7) is 0.553. The van der Waals surface area contributed by atoms with Crippen LogP contribution in [0.15, 0.2) is 36.8 Å². The van der Waals surface area contributed by atoms with Gasteiger partial charge in [-0.1, -0.05) is 17.7 Å². The highest BCUT2D eigenvalue weighted by atomic mass is 35.5. The van der Waals surface area contributed by atoms with Gasteiger partial charge in [0, 0.05) is 50.6 Å². The van der Waals surface area contributed by atoms with Crippen molar-refractivity contribution in [3.63, 3.8) is 0 Å². The number of hydrogen-bond donors (Lipinski definition) is 1. The second-order valence-corrected chi connectivity index (χ2v) is 6.35. The van der Waals surface area contributed by atoms with E-state index in [0.29, 0.717) is 13.0 Å². The first-order valence-electron chi connectivity index (χ1n) is 7.76. The van der Waals surface area contributed by atoms with Crippen molar-refractivity contribution in [2.75, 3.05) is 13.6 Å². The van der Waals surface area contributed by atoms with E-state index in [2.05, 4.69) is 15.3 Å². The van der Waals surface area contributed by atoms with Crippen LogP contribution in [0.4, 0.5) is 9.18 Å². The summed E-state index contributed by atoms with van der Waals surface area (Å²) in [6, 6.07) is 4.70. The number of nitrogens with zero attached hydrogens (tertiary/aromatic N) is 3. The van der Waals surface area contributed by atoms with Gasteiger partial charge in [0.05, 0.1) is 10.7 Å². The van der Waals surface area contributed by atoms with Gasteiger partial charge in [-0.05, 0) is 24.1 Å². The number of rotatable bonds is 5. The minimum atomic E-state index is -0.424. The molecular weight excluding hydrogens is 331 g/mol. The number of urea groups is 1. The zero-order valence-corrected chi connectivity index (χ0v) is 14.0. The zero-order chi connectivity index (χ0) is 17.1. The average molecular weight is 349 g/mol. The van der Waals surface area contributed by atoms with Crippen LogP contribution in [0.5, 0.6) is 0 Å². The van der Waals surface area contributed by atoms with Crippen molar-refractivity contribution in [3.05, 3.63) is 58.9 Å². The Hall–Kier alpha value is -2.21. The largest absolute Gasteiger partial charge is 0.335 e. The Labute approximate surface area is 144 Å². The molecule has 2 aromatic rings. The molecule has 1 aromatic heterocycles. The summed E-state index contributed by atoms with van der Waals surface area (Å²) in [5.41, 5.74) is 1.71. The van der Waals surface area contributed by atoms with Crippen LogP contribution in [-0.2, 0) is 6.42 Å². The van der Waals surface area contributed by atoms with E-state index in [-0.39, 0.29) is 23.0 Å². The third-order valence-corrected chi connectivity index (χ3v) is 4.44. The van der Waals surface area contributed by atoms with E-state index >= 15 is 0 Å². The lowest BCUT2D eigenvalue weighted by atomic mass is 10.1. The van der Waals surface area contributed by atoms with Crippen molar-refractivity contribution < 1.29 is 9.18 Å². The van der Waals surface area contributed by atoms with Gasteiger partial charge in [-0.2, -0.15) is 0 Å². The Bertz CT molecular complexity index is 728. The van der Waals surface area contributed by atoms with E-state index in [0.717, 1.165) is 17.7 Å². The molecule has 1 N–H and O–H groups in total. The summed E-state index contributed by atoms with van der Waals surface area (Å²) in [4.78, 5) is 22.0. The summed E-state index contributed by atoms with van der Waals surface area (Å²) in [5.74, 6) is -0.277. The van der Waals surface area contributed by atoms with Gasteiger partial charge in [-0.15, -0.1) is 0 Å². The van der Waals surface area contributed by atoms with E-state index < -0.39 is 5.82 Å². The van der Waals surface area contributed by atoms with Crippen LogP contribution < -0.4 is 5.32 Å². The van der Waals surface area contributed by atoms with E-state index in [1.807, 2.05) is 0 Å². The fraction of sp³-hybridized carbons (Fsp3) is 0.353. The SMILES string of the molecule is CN(CCc1cnccn1)C(=O)N[C@@H]1C[C@H]1c1ccc(Cl)c(F)c1. The fourth-order valence-electron chi connectivity index (χ4n) is 2.58. The van der Waals surface area contributed by atoms with Gasteiger partial charge < -0.3 is 10.2 Å². The number of benzene rings is 1. The summed E-state index contributed by atoms with van der Waals surface area (Å²) in [7, 11) is 1.74. The van der Waals surface area contributed by atoms with Crippen LogP contribution in [0.3, 0.4) is 0 Å². The number of carbonyl (C=O) groups excluding carboxylic acids is 1. The second-order valence-electron chi connectivity index (χ2n) is 5.94. The summed E-state index contributed by atoms with van der Waals surface area (Å²) < 4.78 is 13.5. The van der Waals surface area contributed by atoms with E-state index in [1.54, 1.807) is 42.7 Å². The van der Waals surface area contributed by atoms with Gasteiger partial charge in [0.25, 0.3) is 0 Å². The highest BCUT2D eigenvalue weighted by Gasteiger charge is 2.40. The summed E-state index contributed by atoms with van der Waals surface area (Å²) in [6.07, 6.45) is 6.40. The molecule has 126 valence electrons. The fourth-order valence-corrected chi connectivity index (χ4v) is 2.70. The molecule has 2 atom stereocenters. The van der Waals surface area contributed by atoms with Gasteiger partial charge in [0.1, 0.15) is 5.82 Å². The molecule has 0 unspecified atom stereocenters. The van der Waals surface area contributed by atoms with Gasteiger partial charge in [-0.3, -0.25) is 9.97 Å². The Kier molecular flexibility index (Phi) is 4.94. The quantitative estimate of drug-likeness (QED) is 0.903. The van der Waals surface area contributed by atoms with E-state index in [4.69, 9.17) is 11.6 Å². The molecule has 0 saturated heterocycles. The van der Waals surface area contributed by atoms with Crippen LogP contribution in [-0.4, -0.2) is 40.5 Å². The van der Waals surface area contributed by atoms with Crippen molar-refractivity contribution in [1.29, 1.82) is 0 Å². The first kappa shape index (κ1) is 16.6. The first-order chi connectivity index (χ1) is 11.5. The monoisotopic (exact) mass is 348 g/mol. The van der Waals surface area contributed by atoms with Crippen molar-refractivity contribution in [2.45, 2.75) is 24.8 Å². The molecule has 2 amide bonds. The van der Waals surface area contributed by atoms with Crippen molar-refractivity contribution in [2.24, 2.45) is 0 Å². The van der Waals surface area contributed by atoms with Crippen LogP contribution >= 0.6 is 11.6 Å². The molecule has 0 radical (unpaired) electrons. The first-order valence-corrected chi connectivity index (χ1v) is 8.14. The standard InChI is InChI=1S/C17H18ClFN4O/c1-23(7-4-12-10-20-5-6-21-12)17(24)22-16-9-13(16)11-2-3-14(18)15(19)8-11/h2-3,5-6,8,10,13,16H,4,7,9H2,1H3,(H,22,24)/t13-,16+/m0/s1. The number of halogens is 2. The molecule has 1 aliphatic rings. The summed E-state index contributed by atoms with van der Waals surface area (Å²) in [5, 5.41) is 3.08. The van der Waals surface area contributed by atoms with Gasteiger partial charge in [-0.25, -0.2) is 9.18 Å². The van der Waals surface area contributed by atoms with Crippen molar-refractivity contribution in [1.82, 2.24) is 20.2 Å². The number of amides is 2. The van der Waals surface area contributed by atoms with Crippen LogP contribution in [0.25, 0.3) is 0 Å². The normalized spacial score (nSPS) is 19.0. The lowest BCUT2D eigenvalue weighted by Crippen LogP contribution is -2.39. The minimum Gasteiger partial charge on any atom is -0.335 e. The van der Waals surface area contributed by atoms with Crippen LogP contribution in [0.1, 0.15) is 23.6 Å². The highest BCUT2D eigenvalue weighted by Crippen LogP contribution is 2.41. The Morgan fingerprint density at radius 2 is 2.29 bits per heavy atom. The number of carbonyl (C=O) groups is 1. The maximum Gasteiger partial charge on any atom is 0.317 e. The van der Waals surface area contributed by atoms with Gasteiger partial charge >= 0.3 is 6.03 Å². The number of likely N-dealkylation sites (N-methyl/N-ethyl adjacent to an activating group) is 1. The highest BCUT2D eigenvalue weighted by molar-refractivity contribution is 6.30. The lowest BCUT2D eigenvalue weighted by molar-refractivity contribution is 0.208. The molecule has 1 aromatic carbocycles. The van der Waals surface area contributed by atoms with E-state index in [9.17, 15) is 9.18 Å². The number of aromatic nitrogens is 2. The second kappa shape index (κ2) is 7.13. The van der Waals surface area contributed by atoms with E-state index in [1.165, 1.54) is 6.07 Å². The summed E-state index contributed by atoms with van der Waals surface area (Å²) >= 11 is 5.69. The predicted molar refractivity (Wildman–Crippen MR) is 89.5 cm³/mol. The molecule has 1 heterocycles.